The highest BCUT2D eigenvalue weighted by Crippen LogP contribution is 2.14. The molecule has 0 radical (unpaired) electrons. The van der Waals surface area contributed by atoms with E-state index in [-0.39, 0.29) is 4.64 Å². The van der Waals surface area contributed by atoms with Gasteiger partial charge in [-0.05, 0) is 0 Å². The van der Waals surface area contributed by atoms with Crippen LogP contribution < -0.4 is 5.65 Å². The molecule has 1 N–H and O–H groups in total. The molecule has 6 heavy (non-hydrogen) atoms. The Labute approximate surface area is 49.8 Å². The van der Waals surface area contributed by atoms with Crippen LogP contribution >= 0.6 is 30.3 Å². The molecule has 0 atom stereocenters. The van der Waals surface area contributed by atoms with Crippen LogP contribution in [0.1, 0.15) is 0 Å². The van der Waals surface area contributed by atoms with E-state index in [9.17, 15) is 8.96 Å². The predicted octanol–water partition coefficient (Wildman–Crippen LogP) is 1.56. The molecule has 0 unspecified atom stereocenters. The van der Waals surface area contributed by atoms with Crippen molar-refractivity contribution in [2.24, 2.45) is 0 Å². The third-order valence-electron chi connectivity index (χ3n) is 0.127. The minimum Gasteiger partial charge on any atom is -0.118 e. The smallest absolute Gasteiger partial charge is 0.0481 e. The van der Waals surface area contributed by atoms with Crippen molar-refractivity contribution in [3.05, 3.63) is 0 Å². The Kier molecular flexibility index (Phi) is 4.61. The Morgan fingerprint density at radius 1 is 1.83 bits per heavy atom. The number of nitrogens with zero attached hydrogens (tertiary/aromatic N) is 1. The van der Waals surface area contributed by atoms with Gasteiger partial charge in [0.1, 0.15) is 0 Å². The largest absolute Gasteiger partial charge is 0.118 e. The summed E-state index contributed by atoms with van der Waals surface area (Å²) in [6.45, 7) is 0. The Morgan fingerprint density at radius 3 is 2.33 bits per heavy atom. The fourth-order valence-electron chi connectivity index (χ4n) is 0.0130. The maximum Gasteiger partial charge on any atom is 0.0481 e. The second kappa shape index (κ2) is 4.03. The second-order valence-electron chi connectivity index (χ2n) is 0.398. The Balaban J connectivity index is 2.75. The lowest BCUT2D eigenvalue weighted by Crippen LogP contribution is -2.11. The standard InChI is InChI=1S/F2HIN2S/c1-4-5(2)6-3/h4H. The predicted molar refractivity (Wildman–Crippen MR) is 28.8 cm³/mol. The lowest BCUT2D eigenvalue weighted by atomic mass is 12.8. The van der Waals surface area contributed by atoms with E-state index in [4.69, 9.17) is 0 Å². The van der Waals surface area contributed by atoms with Crippen LogP contribution in [0.15, 0.2) is 0 Å². The molecule has 0 spiro atoms. The molecule has 0 aromatic carbocycles. The van der Waals surface area contributed by atoms with Crippen molar-refractivity contribution >= 4 is 30.3 Å². The van der Waals surface area contributed by atoms with Crippen LogP contribution in [-0.2, 0) is 0 Å². The van der Waals surface area contributed by atoms with Crippen LogP contribution in [0.3, 0.4) is 0 Å². The van der Waals surface area contributed by atoms with Gasteiger partial charge in [-0.3, -0.25) is 0 Å². The van der Waals surface area contributed by atoms with Gasteiger partial charge in [0.15, 0.2) is 0 Å². The molecular weight excluding hydrogens is 225 g/mol. The van der Waals surface area contributed by atoms with E-state index in [1.54, 1.807) is 21.2 Å². The van der Waals surface area contributed by atoms with E-state index in [0.717, 1.165) is 5.65 Å². The van der Waals surface area contributed by atoms with Gasteiger partial charge in [-0.25, -0.2) is 0 Å². The van der Waals surface area contributed by atoms with Crippen LogP contribution in [0.25, 0.3) is 0 Å². The van der Waals surface area contributed by atoms with E-state index in [2.05, 4.69) is 0 Å². The average Bonchev–Trinajstić information content (AvgIpc) is 1.65. The van der Waals surface area contributed by atoms with Crippen LogP contribution in [0, 0.1) is 0 Å². The zero-order valence-corrected chi connectivity index (χ0v) is 5.46. The molecule has 0 heterocycles. The molecule has 0 saturated heterocycles. The molecule has 0 amide bonds. The summed E-state index contributed by atoms with van der Waals surface area (Å²) < 4.78 is 21.6. The van der Waals surface area contributed by atoms with Crippen molar-refractivity contribution in [3.63, 3.8) is 0 Å². The summed E-state index contributed by atoms with van der Waals surface area (Å²) in [5, 5.41) is 0. The first-order valence-electron chi connectivity index (χ1n) is 0.918. The summed E-state index contributed by atoms with van der Waals surface area (Å²) in [4.78, 5) is 0. The molecule has 0 aliphatic rings. The van der Waals surface area contributed by atoms with Crippen molar-refractivity contribution in [3.8, 4) is 0 Å². The summed E-state index contributed by atoms with van der Waals surface area (Å²) in [6, 6.07) is 0. The highest BCUT2D eigenvalue weighted by atomic mass is 127. The van der Waals surface area contributed by atoms with E-state index in [1.165, 1.54) is 0 Å². The van der Waals surface area contributed by atoms with Gasteiger partial charge in [-0.1, -0.05) is 5.65 Å². The Bertz CT molecular complexity index is 30.7. The van der Waals surface area contributed by atoms with E-state index in [0.29, 0.717) is 9.12 Å². The van der Waals surface area contributed by atoms with Gasteiger partial charge >= 0.3 is 0 Å². The number of halogens is 3. The molecule has 6 heteroatoms. The first kappa shape index (κ1) is 6.86. The fourth-order valence-corrected chi connectivity index (χ4v) is 0.262. The molecule has 0 fully saturated rings. The summed E-state index contributed by atoms with van der Waals surface area (Å²) in [5.74, 6) is 0. The highest BCUT2D eigenvalue weighted by molar-refractivity contribution is 14.2. The summed E-state index contributed by atoms with van der Waals surface area (Å²) in [6.07, 6.45) is 0. The van der Waals surface area contributed by atoms with Crippen LogP contribution in [0.2, 0.25) is 0 Å². The summed E-state index contributed by atoms with van der Waals surface area (Å²) >= 11 is 1.58. The molecule has 0 aliphatic heterocycles. The number of hydrogen-bond acceptors (Lipinski definition) is 3. The minimum absolute atomic E-state index is 0.263. The first-order chi connectivity index (χ1) is 2.81. The van der Waals surface area contributed by atoms with Crippen LogP contribution in [0.4, 0.5) is 8.96 Å². The van der Waals surface area contributed by atoms with Gasteiger partial charge in [0, 0.05) is 35.0 Å². The third-order valence-corrected chi connectivity index (χ3v) is 1.35. The van der Waals surface area contributed by atoms with Crippen LogP contribution in [-0.4, -0.2) is 4.64 Å². The Morgan fingerprint density at radius 2 is 2.33 bits per heavy atom. The molecule has 0 rings (SSSR count). The molecule has 0 bridgehead atoms. The first-order valence-corrected chi connectivity index (χ1v) is 4.23. The SMILES string of the molecule is FNN(F)SI. The van der Waals surface area contributed by atoms with Gasteiger partial charge < -0.3 is 0 Å². The topological polar surface area (TPSA) is 15.3 Å². The summed E-state index contributed by atoms with van der Waals surface area (Å²) in [7, 11) is 0.575. The van der Waals surface area contributed by atoms with Crippen molar-refractivity contribution in [2.75, 3.05) is 0 Å². The van der Waals surface area contributed by atoms with Gasteiger partial charge in [-0.15, -0.1) is 8.96 Å². The molecule has 0 aliphatic carbocycles. The quantitative estimate of drug-likeness (QED) is 0.333. The lowest BCUT2D eigenvalue weighted by molar-refractivity contribution is 0.00613. The Hall–Kier alpha value is 0.860. The van der Waals surface area contributed by atoms with Gasteiger partial charge in [-0.2, -0.15) is 0 Å². The normalized spacial score (nSPS) is 10.0. The number of nitrogens with one attached hydrogen (secondary N) is 1. The maximum atomic E-state index is 11.2. The second-order valence-corrected chi connectivity index (χ2v) is 2.04. The zero-order valence-electron chi connectivity index (χ0n) is 2.49. The monoisotopic (exact) mass is 226 g/mol. The molecule has 0 aromatic heterocycles. The van der Waals surface area contributed by atoms with E-state index >= 15 is 0 Å². The van der Waals surface area contributed by atoms with Crippen molar-refractivity contribution < 1.29 is 8.96 Å². The maximum absolute atomic E-state index is 11.2. The number of rotatable bonds is 2. The fraction of sp³-hybridized carbons (Fsp3) is 0. The zero-order chi connectivity index (χ0) is 4.99. The molecule has 0 saturated carbocycles. The molecule has 0 aromatic rings. The van der Waals surface area contributed by atoms with Crippen LogP contribution in [0.5, 0.6) is 0 Å². The van der Waals surface area contributed by atoms with Gasteiger partial charge in [0.25, 0.3) is 0 Å². The third kappa shape index (κ3) is 3.07. The van der Waals surface area contributed by atoms with Crippen molar-refractivity contribution in [1.29, 1.82) is 0 Å². The van der Waals surface area contributed by atoms with E-state index in [1.807, 2.05) is 0 Å². The highest BCUT2D eigenvalue weighted by Gasteiger charge is 1.93. The molecular formula is HF2IN2S. The number of hydrazine groups is 1. The molecule has 38 valence electrons. The number of hydrogen-bond donors (Lipinski definition) is 1. The molecule has 2 nitrogen and oxygen atoms in total. The lowest BCUT2D eigenvalue weighted by Gasteiger charge is -1.94. The minimum atomic E-state index is -0.263. The van der Waals surface area contributed by atoms with Crippen molar-refractivity contribution in [1.82, 2.24) is 10.3 Å². The summed E-state index contributed by atoms with van der Waals surface area (Å²) in [5.41, 5.74) is 0.737. The van der Waals surface area contributed by atoms with Gasteiger partial charge in [0.05, 0.1) is 0 Å². The van der Waals surface area contributed by atoms with E-state index < -0.39 is 0 Å². The average molecular weight is 226 g/mol. The van der Waals surface area contributed by atoms with Crippen molar-refractivity contribution in [2.45, 2.75) is 0 Å². The van der Waals surface area contributed by atoms with Gasteiger partial charge in [0.2, 0.25) is 0 Å².